The highest BCUT2D eigenvalue weighted by molar-refractivity contribution is 5.97. The largest absolute Gasteiger partial charge is 0.496 e. The van der Waals surface area contributed by atoms with Crippen molar-refractivity contribution in [2.45, 2.75) is 117 Å². The van der Waals surface area contributed by atoms with E-state index in [1.807, 2.05) is 69.5 Å². The third-order valence-corrected chi connectivity index (χ3v) is 13.4. The molecule has 1 aliphatic heterocycles. The molecule has 3 aliphatic carbocycles. The maximum atomic E-state index is 14.6. The number of methoxy groups -OCH3 is 1. The lowest BCUT2D eigenvalue weighted by Gasteiger charge is -2.62. The highest BCUT2D eigenvalue weighted by Crippen LogP contribution is 2.61. The number of aliphatic hydroxyl groups is 1. The molecule has 14 nitrogen and oxygen atoms in total. The van der Waals surface area contributed by atoms with Crippen molar-refractivity contribution in [3.63, 3.8) is 0 Å². The summed E-state index contributed by atoms with van der Waals surface area (Å²) in [5, 5.41) is 31.4. The number of para-hydroxylation sites is 1. The Kier molecular flexibility index (Phi) is 15.2. The van der Waals surface area contributed by atoms with Crippen molar-refractivity contribution in [3.8, 4) is 16.9 Å². The molecule has 0 spiro atoms. The molecule has 5 N–H and O–H groups in total. The molecule has 0 radical (unpaired) electrons. The molecule has 4 aliphatic rings. The van der Waals surface area contributed by atoms with E-state index in [2.05, 4.69) is 62.4 Å². The fourth-order valence-corrected chi connectivity index (χ4v) is 10.1. The van der Waals surface area contributed by atoms with Gasteiger partial charge in [0, 0.05) is 74.0 Å². The minimum atomic E-state index is -1.08. The van der Waals surface area contributed by atoms with Crippen LogP contribution in [0.5, 0.6) is 5.75 Å². The van der Waals surface area contributed by atoms with Gasteiger partial charge in [0.05, 0.1) is 26.2 Å². The van der Waals surface area contributed by atoms with Crippen LogP contribution in [-0.2, 0) is 25.8 Å². The Morgan fingerprint density at radius 3 is 2.33 bits per heavy atom. The van der Waals surface area contributed by atoms with Gasteiger partial charge in [0.15, 0.2) is 0 Å². The van der Waals surface area contributed by atoms with Gasteiger partial charge in [0.25, 0.3) is 5.91 Å². The summed E-state index contributed by atoms with van der Waals surface area (Å²) in [5.41, 5.74) is 3.80. The number of benzene rings is 2. The Balaban J connectivity index is 1.48. The number of likely N-dealkylation sites (N-methyl/N-ethyl adjacent to an activating group) is 1. The lowest BCUT2D eigenvalue weighted by Crippen LogP contribution is -2.62. The van der Waals surface area contributed by atoms with Crippen molar-refractivity contribution in [1.82, 2.24) is 25.9 Å². The van der Waals surface area contributed by atoms with Crippen LogP contribution in [0.4, 0.5) is 5.69 Å². The minimum Gasteiger partial charge on any atom is -0.496 e. The molecular weight excluding hydrogens is 777 g/mol. The Labute approximate surface area is 363 Å². The zero-order valence-electron chi connectivity index (χ0n) is 38.5. The van der Waals surface area contributed by atoms with Gasteiger partial charge in [-0.3, -0.25) is 24.0 Å². The molecule has 2 aromatic rings. The summed E-state index contributed by atoms with van der Waals surface area (Å²) in [6, 6.07) is 10.5. The highest BCUT2D eigenvalue weighted by atomic mass is 16.7. The number of aliphatic hydroxyl groups excluding tert-OH is 1. The SMILES string of the molecule is COc1c(CN2O[C@@H](CNC(=O)CCC(=O)O)[C@@H]([C@H](C)O)[C@H]2C(=O)NC2C[C@H]3C[C@@H]([C@@H]2C)C3(C)C)cccc1-c1cc(C(=O)NC(CN(C)C)CC(C)(C)C)cc(N(C)C)c1. The van der Waals surface area contributed by atoms with E-state index < -0.39 is 36.0 Å². The number of nitrogens with one attached hydrogen (secondary N) is 3. The van der Waals surface area contributed by atoms with Gasteiger partial charge in [-0.15, -0.1) is 0 Å². The smallest absolute Gasteiger partial charge is 0.303 e. The lowest BCUT2D eigenvalue weighted by molar-refractivity contribution is -0.177. The number of amides is 3. The average molecular weight is 849 g/mol. The number of anilines is 1. The number of hydroxylamine groups is 2. The Morgan fingerprint density at radius 1 is 1.05 bits per heavy atom. The predicted octanol–water partition coefficient (Wildman–Crippen LogP) is 5.17. The van der Waals surface area contributed by atoms with Crippen LogP contribution in [0.25, 0.3) is 11.1 Å². The number of carboxylic acid groups (broad SMARTS) is 1. The number of aliphatic carboxylic acids is 1. The molecule has 2 unspecified atom stereocenters. The molecule has 1 saturated heterocycles. The summed E-state index contributed by atoms with van der Waals surface area (Å²) in [6.45, 7) is 15.7. The molecule has 1 heterocycles. The van der Waals surface area contributed by atoms with Crippen LogP contribution in [0.3, 0.4) is 0 Å². The van der Waals surface area contributed by atoms with Gasteiger partial charge in [0.2, 0.25) is 11.8 Å². The number of hydrogen-bond donors (Lipinski definition) is 5. The molecule has 14 heteroatoms. The third-order valence-electron chi connectivity index (χ3n) is 13.4. The molecule has 6 rings (SSSR count). The third kappa shape index (κ3) is 11.4. The maximum Gasteiger partial charge on any atom is 0.303 e. The normalized spacial score (nSPS) is 25.6. The van der Waals surface area contributed by atoms with Crippen LogP contribution in [0.1, 0.15) is 96.5 Å². The second-order valence-corrected chi connectivity index (χ2v) is 20.1. The van der Waals surface area contributed by atoms with Crippen LogP contribution in [0, 0.1) is 34.5 Å². The van der Waals surface area contributed by atoms with Gasteiger partial charge in [-0.1, -0.05) is 59.7 Å². The van der Waals surface area contributed by atoms with E-state index in [4.69, 9.17) is 14.7 Å². The Bertz CT molecular complexity index is 1890. The number of nitrogens with zero attached hydrogens (tertiary/aromatic N) is 3. The van der Waals surface area contributed by atoms with Crippen molar-refractivity contribution in [2.75, 3.05) is 53.3 Å². The van der Waals surface area contributed by atoms with Crippen LogP contribution in [0.2, 0.25) is 0 Å². The van der Waals surface area contributed by atoms with Crippen LogP contribution in [-0.4, -0.2) is 123 Å². The second-order valence-electron chi connectivity index (χ2n) is 20.1. The van der Waals surface area contributed by atoms with Crippen molar-refractivity contribution in [3.05, 3.63) is 47.5 Å². The van der Waals surface area contributed by atoms with E-state index in [1.165, 1.54) is 0 Å². The molecule has 61 heavy (non-hydrogen) atoms. The van der Waals surface area contributed by atoms with E-state index in [0.717, 1.165) is 36.1 Å². The number of carboxylic acids is 1. The fourth-order valence-electron chi connectivity index (χ4n) is 10.1. The van der Waals surface area contributed by atoms with Crippen LogP contribution >= 0.6 is 0 Å². The van der Waals surface area contributed by atoms with E-state index in [0.29, 0.717) is 35.3 Å². The van der Waals surface area contributed by atoms with Crippen molar-refractivity contribution >= 4 is 29.4 Å². The first-order chi connectivity index (χ1) is 28.5. The Morgan fingerprint density at radius 2 is 1.75 bits per heavy atom. The molecule has 2 aromatic carbocycles. The Hall–Kier alpha value is -4.24. The number of rotatable bonds is 18. The summed E-state index contributed by atoms with van der Waals surface area (Å²) in [6.07, 6.45) is 0.530. The number of ether oxygens (including phenoxy) is 1. The molecule has 2 bridgehead atoms. The lowest BCUT2D eigenvalue weighted by atomic mass is 9.45. The van der Waals surface area contributed by atoms with E-state index in [9.17, 15) is 24.3 Å². The van der Waals surface area contributed by atoms with Gasteiger partial charge in [-0.05, 0) is 92.6 Å². The van der Waals surface area contributed by atoms with Gasteiger partial charge >= 0.3 is 5.97 Å². The summed E-state index contributed by atoms with van der Waals surface area (Å²) in [7, 11) is 9.45. The van der Waals surface area contributed by atoms with Crippen molar-refractivity contribution in [2.24, 2.45) is 34.5 Å². The summed E-state index contributed by atoms with van der Waals surface area (Å²) in [4.78, 5) is 63.0. The quantitative estimate of drug-likeness (QED) is 0.134. The first-order valence-electron chi connectivity index (χ1n) is 21.8. The number of fused-ring (bicyclic) bond motifs is 2. The standard InChI is InChI=1S/C47H72N6O8/c1-27-36-21-32(47(36,6)7)22-37(27)50-45(59)42-41(28(2)54)38(24-48-39(55)16-17-40(56)57)61-53(42)25-29-14-13-15-35(43(29)60-12)30-18-31(20-34(19-30)52(10)11)44(58)49-33(26-51(8)9)23-46(3,4)5/h13-15,18-20,27-28,32-33,36-38,41-42,54H,16-17,21-26H2,1-12H3,(H,48,55)(H,49,58)(H,50,59)(H,56,57)/t27-,28-,32+,33?,36-,37?,38-,41+,42-/m0/s1. The van der Waals surface area contributed by atoms with Gasteiger partial charge in [-0.25, -0.2) is 0 Å². The fraction of sp³-hybridized carbons (Fsp3) is 0.660. The number of hydrogen-bond acceptors (Lipinski definition) is 10. The first kappa shape index (κ1) is 47.8. The number of carbonyl (C=O) groups is 4. The molecule has 4 fully saturated rings. The summed E-state index contributed by atoms with van der Waals surface area (Å²) in [5.74, 6) is -0.877. The van der Waals surface area contributed by atoms with Gasteiger partial charge in [0.1, 0.15) is 17.9 Å². The summed E-state index contributed by atoms with van der Waals surface area (Å²) >= 11 is 0. The van der Waals surface area contributed by atoms with Crippen molar-refractivity contribution < 1.29 is 39.0 Å². The van der Waals surface area contributed by atoms with E-state index in [1.54, 1.807) is 19.1 Å². The van der Waals surface area contributed by atoms with E-state index in [-0.39, 0.29) is 66.6 Å². The van der Waals surface area contributed by atoms with Gasteiger partial charge < -0.3 is 40.7 Å². The van der Waals surface area contributed by atoms with E-state index >= 15 is 0 Å². The second kappa shape index (κ2) is 19.4. The van der Waals surface area contributed by atoms with Gasteiger partial charge in [-0.2, -0.15) is 5.06 Å². The summed E-state index contributed by atoms with van der Waals surface area (Å²) < 4.78 is 6.14. The molecule has 3 saturated carbocycles. The molecule has 9 atom stereocenters. The van der Waals surface area contributed by atoms with Crippen LogP contribution in [0.15, 0.2) is 36.4 Å². The molecule has 338 valence electrons. The molecule has 0 aromatic heterocycles. The highest BCUT2D eigenvalue weighted by Gasteiger charge is 2.57. The minimum absolute atomic E-state index is 0.00802. The first-order valence-corrected chi connectivity index (χ1v) is 21.8. The number of carbonyl (C=O) groups excluding carboxylic acids is 3. The molecular formula is C47H72N6O8. The topological polar surface area (TPSA) is 173 Å². The van der Waals surface area contributed by atoms with Crippen LogP contribution < -0.4 is 25.6 Å². The average Bonchev–Trinajstić information content (AvgIpc) is 3.53. The maximum absolute atomic E-state index is 14.6. The zero-order valence-corrected chi connectivity index (χ0v) is 38.5. The molecule has 3 amide bonds. The van der Waals surface area contributed by atoms with Crippen molar-refractivity contribution in [1.29, 1.82) is 0 Å². The monoisotopic (exact) mass is 849 g/mol. The predicted molar refractivity (Wildman–Crippen MR) is 237 cm³/mol. The zero-order chi connectivity index (χ0) is 45.1.